The molecule has 0 aliphatic rings. The summed E-state index contributed by atoms with van der Waals surface area (Å²) in [4.78, 5) is 0. The zero-order valence-corrected chi connectivity index (χ0v) is 11.3. The monoisotopic (exact) mass is 288 g/mol. The van der Waals surface area contributed by atoms with E-state index in [0.29, 0.717) is 5.92 Å². The van der Waals surface area contributed by atoms with Crippen molar-refractivity contribution in [1.82, 2.24) is 0 Å². The molecule has 0 fully saturated rings. The Morgan fingerprint density at radius 2 is 2.06 bits per heavy atom. The van der Waals surface area contributed by atoms with Crippen molar-refractivity contribution in [3.63, 3.8) is 0 Å². The van der Waals surface area contributed by atoms with Gasteiger partial charge >= 0.3 is 0 Å². The minimum atomic E-state index is -0.267. The van der Waals surface area contributed by atoms with Gasteiger partial charge in [0.1, 0.15) is 5.82 Å². The molecule has 1 atom stereocenters. The van der Waals surface area contributed by atoms with Crippen LogP contribution in [0.2, 0.25) is 0 Å². The normalized spacial score (nSPS) is 13.1. The van der Waals surface area contributed by atoms with Crippen molar-refractivity contribution < 1.29 is 9.50 Å². The van der Waals surface area contributed by atoms with Gasteiger partial charge in [-0.1, -0.05) is 35.8 Å². The van der Waals surface area contributed by atoms with Crippen LogP contribution in [0.5, 0.6) is 0 Å². The summed E-state index contributed by atoms with van der Waals surface area (Å²) >= 11 is 3.33. The Kier molecular flexibility index (Phi) is 5.42. The van der Waals surface area contributed by atoms with Crippen molar-refractivity contribution in [3.05, 3.63) is 34.1 Å². The molecule has 90 valence electrons. The lowest BCUT2D eigenvalue weighted by Crippen LogP contribution is -2.11. The van der Waals surface area contributed by atoms with Crippen LogP contribution in [0, 0.1) is 11.7 Å². The third-order valence-corrected chi connectivity index (χ3v) is 3.24. The summed E-state index contributed by atoms with van der Waals surface area (Å²) in [5, 5.41) is 9.74. The van der Waals surface area contributed by atoms with Crippen LogP contribution in [0.25, 0.3) is 0 Å². The van der Waals surface area contributed by atoms with E-state index in [4.69, 9.17) is 0 Å². The predicted molar refractivity (Wildman–Crippen MR) is 67.9 cm³/mol. The van der Waals surface area contributed by atoms with Crippen LogP contribution in [0.1, 0.15) is 32.3 Å². The van der Waals surface area contributed by atoms with E-state index in [-0.39, 0.29) is 11.9 Å². The molecule has 16 heavy (non-hydrogen) atoms. The highest BCUT2D eigenvalue weighted by Crippen LogP contribution is 2.20. The largest absolute Gasteiger partial charge is 0.393 e. The Morgan fingerprint density at radius 1 is 1.38 bits per heavy atom. The van der Waals surface area contributed by atoms with E-state index in [1.165, 1.54) is 12.1 Å². The molecule has 0 aromatic heterocycles. The molecule has 1 rings (SSSR count). The number of halogens is 2. The van der Waals surface area contributed by atoms with Crippen LogP contribution >= 0.6 is 15.9 Å². The number of aliphatic hydroxyl groups excluding tert-OH is 1. The van der Waals surface area contributed by atoms with Crippen molar-refractivity contribution in [3.8, 4) is 0 Å². The molecule has 0 saturated heterocycles. The zero-order chi connectivity index (χ0) is 12.1. The number of rotatable bonds is 5. The predicted octanol–water partition coefficient (Wildman–Crippen LogP) is 3.93. The van der Waals surface area contributed by atoms with Crippen molar-refractivity contribution >= 4 is 15.9 Å². The lowest BCUT2D eigenvalue weighted by molar-refractivity contribution is 0.139. The highest BCUT2D eigenvalue weighted by Gasteiger charge is 2.08. The van der Waals surface area contributed by atoms with Gasteiger partial charge in [0.15, 0.2) is 0 Å². The highest BCUT2D eigenvalue weighted by atomic mass is 79.9. The van der Waals surface area contributed by atoms with E-state index in [1.807, 2.05) is 0 Å². The molecule has 0 aliphatic carbocycles. The fraction of sp³-hybridized carbons (Fsp3) is 0.538. The first-order chi connectivity index (χ1) is 7.49. The Hall–Kier alpha value is -0.410. The molecular formula is C13H18BrFO. The van der Waals surface area contributed by atoms with Gasteiger partial charge in [0.25, 0.3) is 0 Å². The molecule has 0 amide bonds. The summed E-state index contributed by atoms with van der Waals surface area (Å²) in [6.07, 6.45) is 2.05. The van der Waals surface area contributed by atoms with Crippen LogP contribution in [-0.2, 0) is 6.42 Å². The van der Waals surface area contributed by atoms with Crippen molar-refractivity contribution in [2.75, 3.05) is 0 Å². The first-order valence-electron chi connectivity index (χ1n) is 5.61. The van der Waals surface area contributed by atoms with Gasteiger partial charge in [0, 0.05) is 4.47 Å². The molecule has 0 radical (unpaired) electrons. The minimum Gasteiger partial charge on any atom is -0.393 e. The van der Waals surface area contributed by atoms with Gasteiger partial charge in [-0.3, -0.25) is 0 Å². The first-order valence-corrected chi connectivity index (χ1v) is 6.40. The molecule has 1 nitrogen and oxygen atoms in total. The van der Waals surface area contributed by atoms with Crippen molar-refractivity contribution in [2.45, 2.75) is 39.2 Å². The van der Waals surface area contributed by atoms with Crippen LogP contribution in [-0.4, -0.2) is 11.2 Å². The Bertz CT molecular complexity index is 339. The van der Waals surface area contributed by atoms with E-state index in [0.717, 1.165) is 29.3 Å². The zero-order valence-electron chi connectivity index (χ0n) is 9.71. The van der Waals surface area contributed by atoms with Gasteiger partial charge in [-0.2, -0.15) is 0 Å². The van der Waals surface area contributed by atoms with E-state index in [1.54, 1.807) is 6.07 Å². The molecule has 0 bridgehead atoms. The van der Waals surface area contributed by atoms with E-state index >= 15 is 0 Å². The van der Waals surface area contributed by atoms with Crippen LogP contribution in [0.3, 0.4) is 0 Å². The number of benzene rings is 1. The molecule has 1 aromatic carbocycles. The van der Waals surface area contributed by atoms with Crippen molar-refractivity contribution in [2.24, 2.45) is 5.92 Å². The van der Waals surface area contributed by atoms with Gasteiger partial charge in [-0.05, 0) is 42.9 Å². The average Bonchev–Trinajstić information content (AvgIpc) is 2.15. The fourth-order valence-corrected chi connectivity index (χ4v) is 2.26. The second-order valence-corrected chi connectivity index (χ2v) is 5.41. The van der Waals surface area contributed by atoms with Gasteiger partial charge in [-0.15, -0.1) is 0 Å². The molecule has 1 aromatic rings. The van der Waals surface area contributed by atoms with E-state index in [2.05, 4.69) is 29.8 Å². The van der Waals surface area contributed by atoms with Gasteiger partial charge in [-0.25, -0.2) is 4.39 Å². The second kappa shape index (κ2) is 6.36. The Balaban J connectivity index is 2.48. The summed E-state index contributed by atoms with van der Waals surface area (Å²) in [7, 11) is 0. The molecule has 0 spiro atoms. The quantitative estimate of drug-likeness (QED) is 0.870. The second-order valence-electron chi connectivity index (χ2n) is 4.56. The molecular weight excluding hydrogens is 271 g/mol. The van der Waals surface area contributed by atoms with E-state index < -0.39 is 0 Å². The summed E-state index contributed by atoms with van der Waals surface area (Å²) in [6.45, 7) is 4.19. The lowest BCUT2D eigenvalue weighted by atomic mass is 10.00. The maximum Gasteiger partial charge on any atom is 0.124 e. The summed E-state index contributed by atoms with van der Waals surface area (Å²) < 4.78 is 13.6. The van der Waals surface area contributed by atoms with Crippen LogP contribution in [0.15, 0.2) is 22.7 Å². The van der Waals surface area contributed by atoms with Crippen molar-refractivity contribution in [1.29, 1.82) is 0 Å². The smallest absolute Gasteiger partial charge is 0.124 e. The number of aliphatic hydroxyl groups is 1. The Morgan fingerprint density at radius 3 is 2.62 bits per heavy atom. The SMILES string of the molecule is CC(C)CC(O)CCc1ccc(F)cc1Br. The number of hydrogen-bond donors (Lipinski definition) is 1. The summed E-state index contributed by atoms with van der Waals surface area (Å²) in [5.41, 5.74) is 1.05. The maximum absolute atomic E-state index is 12.8. The topological polar surface area (TPSA) is 20.2 Å². The molecule has 0 heterocycles. The first kappa shape index (κ1) is 13.7. The molecule has 1 N–H and O–H groups in total. The van der Waals surface area contributed by atoms with E-state index in [9.17, 15) is 9.50 Å². The van der Waals surface area contributed by atoms with Crippen LogP contribution < -0.4 is 0 Å². The molecule has 1 unspecified atom stereocenters. The molecule has 0 aliphatic heterocycles. The summed E-state index contributed by atoms with van der Waals surface area (Å²) in [5.74, 6) is 0.269. The van der Waals surface area contributed by atoms with Gasteiger partial charge in [0.2, 0.25) is 0 Å². The third kappa shape index (κ3) is 4.62. The van der Waals surface area contributed by atoms with Gasteiger partial charge in [0.05, 0.1) is 6.10 Å². The highest BCUT2D eigenvalue weighted by molar-refractivity contribution is 9.10. The lowest BCUT2D eigenvalue weighted by Gasteiger charge is -2.13. The molecule has 3 heteroatoms. The standard InChI is InChI=1S/C13H18BrFO/c1-9(2)7-12(16)6-4-10-3-5-11(15)8-13(10)14/h3,5,8-9,12,16H,4,6-7H2,1-2H3. The Labute approximate surface area is 105 Å². The number of aryl methyl sites for hydroxylation is 1. The average molecular weight is 289 g/mol. The summed E-state index contributed by atoms with van der Waals surface area (Å²) in [6, 6.07) is 4.68. The fourth-order valence-electron chi connectivity index (χ4n) is 1.71. The van der Waals surface area contributed by atoms with Crippen LogP contribution in [0.4, 0.5) is 4.39 Å². The molecule has 0 saturated carbocycles. The minimum absolute atomic E-state index is 0.238. The maximum atomic E-state index is 12.8. The number of hydrogen-bond acceptors (Lipinski definition) is 1. The van der Waals surface area contributed by atoms with Gasteiger partial charge < -0.3 is 5.11 Å². The third-order valence-electron chi connectivity index (χ3n) is 2.51.